The van der Waals surface area contributed by atoms with Gasteiger partial charge < -0.3 is 5.32 Å². The van der Waals surface area contributed by atoms with E-state index in [1.165, 1.54) is 34.6 Å². The van der Waals surface area contributed by atoms with Crippen LogP contribution in [0.3, 0.4) is 0 Å². The van der Waals surface area contributed by atoms with Crippen molar-refractivity contribution in [2.45, 2.75) is 17.7 Å². The van der Waals surface area contributed by atoms with E-state index in [9.17, 15) is 23.3 Å². The second-order valence-corrected chi connectivity index (χ2v) is 8.85. The molecule has 0 atom stereocenters. The van der Waals surface area contributed by atoms with E-state index in [4.69, 9.17) is 23.2 Å². The summed E-state index contributed by atoms with van der Waals surface area (Å²) < 4.78 is 26.9. The maximum Gasteiger partial charge on any atom is 0.271 e. The Kier molecular flexibility index (Phi) is 5.90. The number of carbonyl (C=O) groups is 1. The molecule has 1 saturated heterocycles. The molecule has 0 saturated carbocycles. The molecule has 28 heavy (non-hydrogen) atoms. The van der Waals surface area contributed by atoms with Gasteiger partial charge in [0.15, 0.2) is 0 Å². The number of hydrogen-bond acceptors (Lipinski definition) is 5. The van der Waals surface area contributed by atoms with E-state index >= 15 is 0 Å². The molecule has 2 aromatic carbocycles. The first kappa shape index (κ1) is 20.5. The van der Waals surface area contributed by atoms with Crippen LogP contribution < -0.4 is 5.32 Å². The maximum absolute atomic E-state index is 12.8. The number of carbonyl (C=O) groups excluding carboxylic acids is 1. The van der Waals surface area contributed by atoms with Gasteiger partial charge in [0.05, 0.1) is 20.7 Å². The molecule has 0 unspecified atom stereocenters. The van der Waals surface area contributed by atoms with Crippen molar-refractivity contribution in [3.05, 3.63) is 62.1 Å². The lowest BCUT2D eigenvalue weighted by Crippen LogP contribution is -2.28. The van der Waals surface area contributed by atoms with Crippen LogP contribution in [0.2, 0.25) is 10.0 Å². The van der Waals surface area contributed by atoms with Crippen molar-refractivity contribution in [1.82, 2.24) is 4.31 Å². The Hall–Kier alpha value is -2.20. The van der Waals surface area contributed by atoms with Gasteiger partial charge in [-0.15, -0.1) is 0 Å². The molecule has 3 rings (SSSR count). The van der Waals surface area contributed by atoms with Crippen LogP contribution in [0.4, 0.5) is 11.4 Å². The Morgan fingerprint density at radius 1 is 1.07 bits per heavy atom. The lowest BCUT2D eigenvalue weighted by Gasteiger charge is -2.17. The van der Waals surface area contributed by atoms with Gasteiger partial charge in [-0.05, 0) is 37.1 Å². The number of benzene rings is 2. The number of nitro groups is 1. The summed E-state index contributed by atoms with van der Waals surface area (Å²) in [5.74, 6) is -0.670. The minimum atomic E-state index is -3.82. The highest BCUT2D eigenvalue weighted by Gasteiger charge is 2.29. The Morgan fingerprint density at radius 3 is 2.36 bits per heavy atom. The van der Waals surface area contributed by atoms with E-state index in [1.54, 1.807) is 0 Å². The minimum Gasteiger partial charge on any atom is -0.320 e. The highest BCUT2D eigenvalue weighted by molar-refractivity contribution is 7.89. The molecule has 148 valence electrons. The lowest BCUT2D eigenvalue weighted by atomic mass is 10.2. The lowest BCUT2D eigenvalue weighted by molar-refractivity contribution is -0.384. The Morgan fingerprint density at radius 2 is 1.71 bits per heavy atom. The number of nitrogens with one attached hydrogen (secondary N) is 1. The van der Waals surface area contributed by atoms with Gasteiger partial charge in [0.1, 0.15) is 4.90 Å². The third kappa shape index (κ3) is 4.12. The molecule has 1 aliphatic rings. The molecule has 1 aliphatic heterocycles. The summed E-state index contributed by atoms with van der Waals surface area (Å²) in [6.07, 6.45) is 1.53. The largest absolute Gasteiger partial charge is 0.320 e. The second-order valence-electron chi connectivity index (χ2n) is 6.13. The summed E-state index contributed by atoms with van der Waals surface area (Å²) >= 11 is 12.1. The van der Waals surface area contributed by atoms with Crippen molar-refractivity contribution in [1.29, 1.82) is 0 Å². The van der Waals surface area contributed by atoms with Crippen molar-refractivity contribution in [3.8, 4) is 0 Å². The molecule has 0 spiro atoms. The van der Waals surface area contributed by atoms with Gasteiger partial charge in [-0.2, -0.15) is 4.31 Å². The standard InChI is InChI=1S/C17H15Cl2N3O5S/c18-13-6-4-12(22(24)25)10-15(13)20-17(23)11-3-5-14(19)16(9-11)28(26,27)21-7-1-2-8-21/h3-6,9-10H,1-2,7-8H2,(H,20,23). The minimum absolute atomic E-state index is 0.0110. The fraction of sp³-hybridized carbons (Fsp3) is 0.235. The van der Waals surface area contributed by atoms with Crippen LogP contribution in [0.25, 0.3) is 0 Å². The van der Waals surface area contributed by atoms with Gasteiger partial charge in [0, 0.05) is 30.8 Å². The zero-order valence-corrected chi connectivity index (χ0v) is 16.7. The predicted octanol–water partition coefficient (Wildman–Crippen LogP) is 3.94. The molecule has 0 bridgehead atoms. The van der Waals surface area contributed by atoms with Crippen LogP contribution in [-0.4, -0.2) is 36.6 Å². The van der Waals surface area contributed by atoms with Gasteiger partial charge >= 0.3 is 0 Å². The van der Waals surface area contributed by atoms with Gasteiger partial charge in [-0.3, -0.25) is 14.9 Å². The molecule has 1 N–H and O–H groups in total. The molecular formula is C17H15Cl2N3O5S. The molecule has 2 aromatic rings. The summed E-state index contributed by atoms with van der Waals surface area (Å²) in [4.78, 5) is 22.7. The molecule has 1 amide bonds. The van der Waals surface area contributed by atoms with Crippen molar-refractivity contribution < 1.29 is 18.1 Å². The summed E-state index contributed by atoms with van der Waals surface area (Å²) in [5.41, 5.74) is -0.169. The average molecular weight is 444 g/mol. The van der Waals surface area contributed by atoms with Crippen LogP contribution in [-0.2, 0) is 10.0 Å². The normalized spacial score (nSPS) is 14.8. The van der Waals surface area contributed by atoms with Crippen molar-refractivity contribution in [2.75, 3.05) is 18.4 Å². The summed E-state index contributed by atoms with van der Waals surface area (Å²) in [6.45, 7) is 0.802. The molecule has 1 heterocycles. The first-order valence-electron chi connectivity index (χ1n) is 8.25. The number of amides is 1. The topological polar surface area (TPSA) is 110 Å². The fourth-order valence-corrected chi connectivity index (χ4v) is 5.01. The SMILES string of the molecule is O=C(Nc1cc([N+](=O)[O-])ccc1Cl)c1ccc(Cl)c(S(=O)(=O)N2CCCC2)c1. The summed E-state index contributed by atoms with van der Waals surface area (Å²) in [7, 11) is -3.82. The number of halogens is 2. The zero-order chi connectivity index (χ0) is 20.5. The Balaban J connectivity index is 1.91. The smallest absolute Gasteiger partial charge is 0.271 e. The first-order valence-corrected chi connectivity index (χ1v) is 10.4. The second kappa shape index (κ2) is 8.04. The third-order valence-corrected chi connectivity index (χ3v) is 7.00. The van der Waals surface area contributed by atoms with E-state index < -0.39 is 20.9 Å². The predicted molar refractivity (Wildman–Crippen MR) is 106 cm³/mol. The quantitative estimate of drug-likeness (QED) is 0.555. The maximum atomic E-state index is 12.8. The monoisotopic (exact) mass is 443 g/mol. The molecule has 0 radical (unpaired) electrons. The molecule has 0 aliphatic carbocycles. The number of anilines is 1. The number of rotatable bonds is 5. The van der Waals surface area contributed by atoms with E-state index in [1.807, 2.05) is 0 Å². The number of non-ortho nitro benzene ring substituents is 1. The number of sulfonamides is 1. The van der Waals surface area contributed by atoms with Crippen molar-refractivity contribution in [3.63, 3.8) is 0 Å². The van der Waals surface area contributed by atoms with Crippen LogP contribution in [0.1, 0.15) is 23.2 Å². The number of nitrogens with zero attached hydrogens (tertiary/aromatic N) is 2. The Labute approximate surface area is 171 Å². The number of nitro benzene ring substituents is 1. The van der Waals surface area contributed by atoms with E-state index in [0.717, 1.165) is 18.9 Å². The first-order chi connectivity index (χ1) is 13.2. The average Bonchev–Trinajstić information content (AvgIpc) is 3.19. The molecular weight excluding hydrogens is 429 g/mol. The molecule has 1 fully saturated rings. The van der Waals surface area contributed by atoms with E-state index in [-0.39, 0.29) is 31.9 Å². The summed E-state index contributed by atoms with van der Waals surface area (Å²) in [5, 5.41) is 13.5. The van der Waals surface area contributed by atoms with Crippen molar-refractivity contribution >= 4 is 50.5 Å². The Bertz CT molecular complexity index is 1050. The third-order valence-electron chi connectivity index (χ3n) is 4.29. The van der Waals surface area contributed by atoms with Gasteiger partial charge in [0.25, 0.3) is 11.6 Å². The molecule has 8 nitrogen and oxygen atoms in total. The highest BCUT2D eigenvalue weighted by atomic mass is 35.5. The summed E-state index contributed by atoms with van der Waals surface area (Å²) in [6, 6.07) is 7.51. The van der Waals surface area contributed by atoms with Crippen molar-refractivity contribution in [2.24, 2.45) is 0 Å². The van der Waals surface area contributed by atoms with Crippen LogP contribution >= 0.6 is 23.2 Å². The highest BCUT2D eigenvalue weighted by Crippen LogP contribution is 2.30. The van der Waals surface area contributed by atoms with Crippen LogP contribution in [0.15, 0.2) is 41.3 Å². The number of hydrogen-bond donors (Lipinski definition) is 1. The fourth-order valence-electron chi connectivity index (χ4n) is 2.83. The van der Waals surface area contributed by atoms with Gasteiger partial charge in [0.2, 0.25) is 10.0 Å². The molecule has 0 aromatic heterocycles. The van der Waals surface area contributed by atoms with Gasteiger partial charge in [-0.1, -0.05) is 23.2 Å². The van der Waals surface area contributed by atoms with Crippen LogP contribution in [0, 0.1) is 10.1 Å². The van der Waals surface area contributed by atoms with Gasteiger partial charge in [-0.25, -0.2) is 8.42 Å². The molecule has 11 heteroatoms. The van der Waals surface area contributed by atoms with E-state index in [2.05, 4.69) is 5.32 Å². The van der Waals surface area contributed by atoms with Crippen LogP contribution in [0.5, 0.6) is 0 Å². The zero-order valence-electron chi connectivity index (χ0n) is 14.4. The van der Waals surface area contributed by atoms with E-state index in [0.29, 0.717) is 13.1 Å².